The van der Waals surface area contributed by atoms with Crippen molar-refractivity contribution in [2.24, 2.45) is 11.8 Å². The van der Waals surface area contributed by atoms with Gasteiger partial charge in [-0.1, -0.05) is 42.5 Å². The van der Waals surface area contributed by atoms with Gasteiger partial charge in [-0.05, 0) is 77.0 Å². The molecule has 3 unspecified atom stereocenters. The molecule has 4 atom stereocenters. The number of carbonyl (C=O) groups excluding carboxylic acids is 2. The molecule has 2 aliphatic rings. The quantitative estimate of drug-likeness (QED) is 0.229. The van der Waals surface area contributed by atoms with Crippen LogP contribution in [0.2, 0.25) is 0 Å². The predicted octanol–water partition coefficient (Wildman–Crippen LogP) is 5.54. The van der Waals surface area contributed by atoms with Gasteiger partial charge in [-0.2, -0.15) is 13.2 Å². The number of hydrogen-bond donors (Lipinski definition) is 0. The Morgan fingerprint density at radius 2 is 1.68 bits per heavy atom. The number of ketones is 1. The smallest absolute Gasteiger partial charge is 0.330 e. The van der Waals surface area contributed by atoms with Gasteiger partial charge in [0.05, 0.1) is 5.92 Å². The minimum atomic E-state index is -4.53. The Morgan fingerprint density at radius 3 is 2.35 bits per heavy atom. The fourth-order valence-electron chi connectivity index (χ4n) is 6.38. The van der Waals surface area contributed by atoms with Crippen LogP contribution in [0.1, 0.15) is 53.1 Å². The van der Waals surface area contributed by atoms with Crippen LogP contribution in [-0.2, 0) is 4.79 Å². The van der Waals surface area contributed by atoms with E-state index in [4.69, 9.17) is 0 Å². The van der Waals surface area contributed by atoms with Gasteiger partial charge < -0.3 is 14.7 Å². The number of hydrogen-bond acceptors (Lipinski definition) is 4. The third-order valence-corrected chi connectivity index (χ3v) is 8.40. The monoisotopic (exact) mass is 561 g/mol. The number of rotatable bonds is 9. The first-order valence-corrected chi connectivity index (χ1v) is 14.1. The molecular formula is C31H39F4N3O2. The molecule has 0 spiro atoms. The van der Waals surface area contributed by atoms with Crippen LogP contribution < -0.4 is 0 Å². The highest BCUT2D eigenvalue weighted by atomic mass is 19.4. The topological polar surface area (TPSA) is 43.9 Å². The molecule has 2 aliphatic heterocycles. The average molecular weight is 562 g/mol. The molecule has 218 valence electrons. The Balaban J connectivity index is 1.76. The normalized spacial score (nSPS) is 24.1. The minimum Gasteiger partial charge on any atom is -0.330 e. The number of piperidine rings is 1. The maximum absolute atomic E-state index is 14.8. The Bertz CT molecular complexity index is 1170. The molecule has 2 saturated heterocycles. The van der Waals surface area contributed by atoms with Crippen LogP contribution >= 0.6 is 0 Å². The third-order valence-electron chi connectivity index (χ3n) is 8.40. The van der Waals surface area contributed by atoms with E-state index in [1.165, 1.54) is 6.07 Å². The SMILES string of the molecule is Cc1c(F)cccc1C1C(C(=O)c2ccccc2)CN(CCCCN(C)C)CC1C(=O)N1CCC[C@H]1C(F)(F)F. The van der Waals surface area contributed by atoms with Crippen molar-refractivity contribution in [3.8, 4) is 0 Å². The second-order valence-electron chi connectivity index (χ2n) is 11.4. The lowest BCUT2D eigenvalue weighted by Crippen LogP contribution is -2.55. The van der Waals surface area contributed by atoms with E-state index in [1.807, 2.05) is 19.0 Å². The number of carbonyl (C=O) groups is 2. The van der Waals surface area contributed by atoms with Gasteiger partial charge in [-0.3, -0.25) is 9.59 Å². The molecule has 40 heavy (non-hydrogen) atoms. The summed E-state index contributed by atoms with van der Waals surface area (Å²) in [6.45, 7) is 3.71. The predicted molar refractivity (Wildman–Crippen MR) is 147 cm³/mol. The van der Waals surface area contributed by atoms with Gasteiger partial charge in [0.2, 0.25) is 5.91 Å². The first-order valence-electron chi connectivity index (χ1n) is 14.1. The van der Waals surface area contributed by atoms with Gasteiger partial charge in [-0.25, -0.2) is 4.39 Å². The molecule has 2 fully saturated rings. The summed E-state index contributed by atoms with van der Waals surface area (Å²) in [7, 11) is 3.98. The number of benzene rings is 2. The first kappa shape index (κ1) is 30.2. The lowest BCUT2D eigenvalue weighted by molar-refractivity contribution is -0.185. The average Bonchev–Trinajstić information content (AvgIpc) is 3.43. The number of halogens is 4. The molecule has 0 aromatic heterocycles. The number of alkyl halides is 3. The molecule has 5 nitrogen and oxygen atoms in total. The Labute approximate surface area is 234 Å². The second kappa shape index (κ2) is 12.8. The molecule has 2 aromatic carbocycles. The van der Waals surface area contributed by atoms with Crippen molar-refractivity contribution in [3.63, 3.8) is 0 Å². The highest BCUT2D eigenvalue weighted by Gasteiger charge is 2.52. The molecule has 4 rings (SSSR count). The van der Waals surface area contributed by atoms with Crippen molar-refractivity contribution in [1.29, 1.82) is 0 Å². The summed E-state index contributed by atoms with van der Waals surface area (Å²) < 4.78 is 56.6. The summed E-state index contributed by atoms with van der Waals surface area (Å²) in [5, 5.41) is 0. The number of likely N-dealkylation sites (tertiary alicyclic amines) is 2. The zero-order chi connectivity index (χ0) is 29.0. The molecule has 1 amide bonds. The fourth-order valence-corrected chi connectivity index (χ4v) is 6.38. The number of nitrogens with zero attached hydrogens (tertiary/aromatic N) is 3. The van der Waals surface area contributed by atoms with Crippen LogP contribution in [0.5, 0.6) is 0 Å². The van der Waals surface area contributed by atoms with Gasteiger partial charge in [0.15, 0.2) is 5.78 Å². The number of Topliss-reactive ketones (excluding diaryl/α,β-unsaturated/α-hetero) is 1. The lowest BCUT2D eigenvalue weighted by atomic mass is 9.69. The molecule has 9 heteroatoms. The van der Waals surface area contributed by atoms with Crippen molar-refractivity contribution >= 4 is 11.7 Å². The largest absolute Gasteiger partial charge is 0.408 e. The van der Waals surface area contributed by atoms with E-state index in [0.717, 1.165) is 24.3 Å². The van der Waals surface area contributed by atoms with E-state index >= 15 is 0 Å². The lowest BCUT2D eigenvalue weighted by Gasteiger charge is -2.45. The van der Waals surface area contributed by atoms with Crippen LogP contribution in [-0.4, -0.2) is 85.4 Å². The molecule has 0 saturated carbocycles. The van der Waals surface area contributed by atoms with E-state index < -0.39 is 41.7 Å². The summed E-state index contributed by atoms with van der Waals surface area (Å²) in [4.78, 5) is 33.2. The molecule has 0 aliphatic carbocycles. The van der Waals surface area contributed by atoms with Crippen molar-refractivity contribution in [2.75, 3.05) is 46.8 Å². The zero-order valence-corrected chi connectivity index (χ0v) is 23.5. The van der Waals surface area contributed by atoms with Crippen LogP contribution in [0.15, 0.2) is 48.5 Å². The van der Waals surface area contributed by atoms with Crippen molar-refractivity contribution in [3.05, 3.63) is 71.0 Å². The molecule has 2 heterocycles. The van der Waals surface area contributed by atoms with Gasteiger partial charge in [0.1, 0.15) is 11.9 Å². The Hall–Kier alpha value is -2.78. The minimum absolute atomic E-state index is 0.0223. The van der Waals surface area contributed by atoms with Gasteiger partial charge >= 0.3 is 6.18 Å². The van der Waals surface area contributed by atoms with Gasteiger partial charge in [0, 0.05) is 37.0 Å². The molecular weight excluding hydrogens is 522 g/mol. The van der Waals surface area contributed by atoms with E-state index in [9.17, 15) is 27.2 Å². The Morgan fingerprint density at radius 1 is 0.975 bits per heavy atom. The standard InChI is InChI=1S/C31H39F4N3O2/c1-21-23(13-9-14-26(21)32)28-24(29(39)22-11-5-4-6-12-22)19-37(17-8-7-16-36(2)3)20-25(28)30(40)38-18-10-15-27(38)31(33,34)35/h4-6,9,11-14,24-25,27-28H,7-8,10,15-20H2,1-3H3/t24?,25?,27-,28?/m0/s1. The molecule has 0 radical (unpaired) electrons. The highest BCUT2D eigenvalue weighted by Crippen LogP contribution is 2.43. The van der Waals surface area contributed by atoms with Gasteiger partial charge in [-0.15, -0.1) is 0 Å². The van der Waals surface area contributed by atoms with Crippen LogP contribution in [0, 0.1) is 24.6 Å². The summed E-state index contributed by atoms with van der Waals surface area (Å²) in [6, 6.07) is 11.5. The molecule has 0 bridgehead atoms. The summed E-state index contributed by atoms with van der Waals surface area (Å²) >= 11 is 0. The van der Waals surface area contributed by atoms with Crippen molar-refractivity contribution in [1.82, 2.24) is 14.7 Å². The second-order valence-corrected chi connectivity index (χ2v) is 11.4. The van der Waals surface area contributed by atoms with E-state index in [-0.39, 0.29) is 31.7 Å². The maximum Gasteiger partial charge on any atom is 0.408 e. The molecule has 0 N–H and O–H groups in total. The van der Waals surface area contributed by atoms with Crippen molar-refractivity contribution < 1.29 is 27.2 Å². The fraction of sp³-hybridized carbons (Fsp3) is 0.548. The molecule has 2 aromatic rings. The highest BCUT2D eigenvalue weighted by molar-refractivity contribution is 5.99. The zero-order valence-electron chi connectivity index (χ0n) is 23.5. The Kier molecular flexibility index (Phi) is 9.67. The van der Waals surface area contributed by atoms with E-state index in [0.29, 0.717) is 29.8 Å². The van der Waals surface area contributed by atoms with Crippen LogP contribution in [0.3, 0.4) is 0 Å². The van der Waals surface area contributed by atoms with Crippen LogP contribution in [0.4, 0.5) is 17.6 Å². The summed E-state index contributed by atoms with van der Waals surface area (Å²) in [5.74, 6) is -3.62. The van der Waals surface area contributed by atoms with E-state index in [2.05, 4.69) is 4.90 Å². The van der Waals surface area contributed by atoms with E-state index in [1.54, 1.807) is 49.4 Å². The third kappa shape index (κ3) is 6.74. The summed E-state index contributed by atoms with van der Waals surface area (Å²) in [5.41, 5.74) is 1.31. The van der Waals surface area contributed by atoms with Gasteiger partial charge in [0.25, 0.3) is 0 Å². The number of unbranched alkanes of at least 4 members (excludes halogenated alkanes) is 1. The van der Waals surface area contributed by atoms with Crippen LogP contribution in [0.25, 0.3) is 0 Å². The first-order chi connectivity index (χ1) is 19.0. The maximum atomic E-state index is 14.8. The number of amides is 1. The van der Waals surface area contributed by atoms with Crippen molar-refractivity contribution in [2.45, 2.75) is 50.7 Å². The summed E-state index contributed by atoms with van der Waals surface area (Å²) in [6.07, 6.45) is -2.66.